The molecule has 4 nitrogen and oxygen atoms in total. The molecule has 1 aromatic rings. The third-order valence-corrected chi connectivity index (χ3v) is 3.43. The maximum absolute atomic E-state index is 5.46. The highest BCUT2D eigenvalue weighted by Crippen LogP contribution is 2.17. The lowest BCUT2D eigenvalue weighted by molar-refractivity contribution is 0.388. The van der Waals surface area contributed by atoms with Gasteiger partial charge in [0.1, 0.15) is 0 Å². The minimum Gasteiger partial charge on any atom is -0.368 e. The minimum absolute atomic E-state index is 0.347. The van der Waals surface area contributed by atoms with Crippen LogP contribution in [0, 0.1) is 0 Å². The highest BCUT2D eigenvalue weighted by Gasteiger charge is 2.10. The van der Waals surface area contributed by atoms with E-state index in [1.54, 1.807) is 12.4 Å². The van der Waals surface area contributed by atoms with Crippen molar-refractivity contribution in [2.45, 2.75) is 57.5 Å². The van der Waals surface area contributed by atoms with Crippen molar-refractivity contribution < 1.29 is 0 Å². The zero-order chi connectivity index (χ0) is 11.9. The average Bonchev–Trinajstić information content (AvgIpc) is 2.30. The Hall–Kier alpha value is -1.16. The number of hydrogen-bond acceptors (Lipinski definition) is 4. The molecule has 94 valence electrons. The molecule has 0 unspecified atom stereocenters. The van der Waals surface area contributed by atoms with Crippen LogP contribution in [0.15, 0.2) is 12.4 Å². The first-order chi connectivity index (χ1) is 8.34. The quantitative estimate of drug-likeness (QED) is 0.842. The molecule has 1 saturated carbocycles. The number of nitrogens with two attached hydrogens (primary N) is 1. The van der Waals surface area contributed by atoms with E-state index in [0.29, 0.717) is 12.0 Å². The third-order valence-electron chi connectivity index (χ3n) is 3.43. The second-order valence-corrected chi connectivity index (χ2v) is 4.87. The molecule has 0 bridgehead atoms. The molecule has 1 aliphatic carbocycles. The Morgan fingerprint density at radius 3 is 2.29 bits per heavy atom. The van der Waals surface area contributed by atoms with Gasteiger partial charge in [0.2, 0.25) is 5.95 Å². The molecule has 1 aromatic heterocycles. The van der Waals surface area contributed by atoms with Gasteiger partial charge in [0.05, 0.1) is 0 Å². The fourth-order valence-corrected chi connectivity index (χ4v) is 2.38. The fourth-order valence-electron chi connectivity index (χ4n) is 2.38. The first kappa shape index (κ1) is 12.3. The van der Waals surface area contributed by atoms with E-state index >= 15 is 0 Å². The van der Waals surface area contributed by atoms with Gasteiger partial charge in [0.25, 0.3) is 0 Å². The van der Waals surface area contributed by atoms with Crippen LogP contribution in [-0.4, -0.2) is 16.0 Å². The molecule has 2 rings (SSSR count). The standard InChI is InChI=1S/C13H22N4/c14-13-16-9-11(10-17-13)8-15-12-6-4-2-1-3-5-7-12/h9-10,12,15H,1-8H2,(H2,14,16,17). The highest BCUT2D eigenvalue weighted by atomic mass is 15.0. The number of hydrogen-bond donors (Lipinski definition) is 2. The zero-order valence-corrected chi connectivity index (χ0v) is 10.4. The molecule has 0 aromatic carbocycles. The van der Waals surface area contributed by atoms with Crippen molar-refractivity contribution in [3.63, 3.8) is 0 Å². The molecule has 1 fully saturated rings. The van der Waals surface area contributed by atoms with Gasteiger partial charge in [0.15, 0.2) is 0 Å². The number of nitrogens with zero attached hydrogens (tertiary/aromatic N) is 2. The van der Waals surface area contributed by atoms with Crippen molar-refractivity contribution in [1.29, 1.82) is 0 Å². The molecule has 0 aliphatic heterocycles. The molecule has 0 spiro atoms. The van der Waals surface area contributed by atoms with Crippen molar-refractivity contribution in [3.8, 4) is 0 Å². The Kier molecular flexibility index (Phi) is 4.74. The number of rotatable bonds is 3. The van der Waals surface area contributed by atoms with Crippen LogP contribution in [0.25, 0.3) is 0 Å². The zero-order valence-electron chi connectivity index (χ0n) is 10.4. The predicted octanol–water partition coefficient (Wildman–Crippen LogP) is 2.26. The minimum atomic E-state index is 0.347. The van der Waals surface area contributed by atoms with Crippen LogP contribution in [0.5, 0.6) is 0 Å². The Bertz CT molecular complexity index is 315. The number of nitrogen functional groups attached to an aromatic ring is 1. The molecule has 0 saturated heterocycles. The topological polar surface area (TPSA) is 63.8 Å². The van der Waals surface area contributed by atoms with E-state index < -0.39 is 0 Å². The second-order valence-electron chi connectivity index (χ2n) is 4.87. The van der Waals surface area contributed by atoms with E-state index in [-0.39, 0.29) is 0 Å². The number of aromatic nitrogens is 2. The lowest BCUT2D eigenvalue weighted by Crippen LogP contribution is -2.29. The summed E-state index contributed by atoms with van der Waals surface area (Å²) >= 11 is 0. The average molecular weight is 234 g/mol. The van der Waals surface area contributed by atoms with E-state index in [0.717, 1.165) is 12.1 Å². The highest BCUT2D eigenvalue weighted by molar-refractivity contribution is 5.16. The Balaban J connectivity index is 1.77. The molecule has 0 radical (unpaired) electrons. The summed E-state index contributed by atoms with van der Waals surface area (Å²) in [4.78, 5) is 8.01. The van der Waals surface area contributed by atoms with Crippen LogP contribution >= 0.6 is 0 Å². The van der Waals surface area contributed by atoms with Crippen molar-refractivity contribution in [1.82, 2.24) is 15.3 Å². The van der Waals surface area contributed by atoms with Gasteiger partial charge in [-0.2, -0.15) is 0 Å². The Morgan fingerprint density at radius 1 is 1.06 bits per heavy atom. The molecule has 0 atom stereocenters. The van der Waals surface area contributed by atoms with Gasteiger partial charge < -0.3 is 11.1 Å². The second kappa shape index (κ2) is 6.55. The van der Waals surface area contributed by atoms with Crippen LogP contribution in [-0.2, 0) is 6.54 Å². The normalized spacial score (nSPS) is 18.6. The van der Waals surface area contributed by atoms with Crippen LogP contribution < -0.4 is 11.1 Å². The lowest BCUT2D eigenvalue weighted by Gasteiger charge is -2.20. The van der Waals surface area contributed by atoms with Gasteiger partial charge in [-0.1, -0.05) is 32.1 Å². The molecule has 17 heavy (non-hydrogen) atoms. The monoisotopic (exact) mass is 234 g/mol. The maximum atomic E-state index is 5.46. The van der Waals surface area contributed by atoms with Crippen molar-refractivity contribution in [2.75, 3.05) is 5.73 Å². The smallest absolute Gasteiger partial charge is 0.219 e. The van der Waals surface area contributed by atoms with Crippen LogP contribution in [0.4, 0.5) is 5.95 Å². The van der Waals surface area contributed by atoms with Crippen LogP contribution in [0.3, 0.4) is 0 Å². The lowest BCUT2D eigenvalue weighted by atomic mass is 9.96. The Morgan fingerprint density at radius 2 is 1.65 bits per heavy atom. The largest absolute Gasteiger partial charge is 0.368 e. The summed E-state index contributed by atoms with van der Waals surface area (Å²) in [6, 6.07) is 0.660. The summed E-state index contributed by atoms with van der Waals surface area (Å²) in [7, 11) is 0. The molecule has 4 heteroatoms. The summed E-state index contributed by atoms with van der Waals surface area (Å²) in [5.74, 6) is 0.347. The van der Waals surface area contributed by atoms with Crippen molar-refractivity contribution >= 4 is 5.95 Å². The molecular formula is C13H22N4. The maximum Gasteiger partial charge on any atom is 0.219 e. The number of anilines is 1. The summed E-state index contributed by atoms with van der Waals surface area (Å²) in [5.41, 5.74) is 6.57. The summed E-state index contributed by atoms with van der Waals surface area (Å²) in [6.45, 7) is 0.852. The Labute approximate surface area is 103 Å². The third kappa shape index (κ3) is 4.30. The van der Waals surface area contributed by atoms with E-state index in [1.165, 1.54) is 44.9 Å². The number of nitrogens with one attached hydrogen (secondary N) is 1. The molecule has 1 heterocycles. The van der Waals surface area contributed by atoms with E-state index in [1.807, 2.05) is 0 Å². The summed E-state index contributed by atoms with van der Waals surface area (Å²) in [5, 5.41) is 3.60. The molecule has 3 N–H and O–H groups in total. The summed E-state index contributed by atoms with van der Waals surface area (Å²) in [6.07, 6.45) is 13.1. The van der Waals surface area contributed by atoms with E-state index in [4.69, 9.17) is 5.73 Å². The van der Waals surface area contributed by atoms with Gasteiger partial charge in [-0.25, -0.2) is 9.97 Å². The van der Waals surface area contributed by atoms with E-state index in [9.17, 15) is 0 Å². The molecular weight excluding hydrogens is 212 g/mol. The first-order valence-electron chi connectivity index (χ1n) is 6.64. The van der Waals surface area contributed by atoms with Gasteiger partial charge in [0, 0.05) is 30.5 Å². The predicted molar refractivity (Wildman–Crippen MR) is 69.4 cm³/mol. The molecule has 0 amide bonds. The van der Waals surface area contributed by atoms with Crippen molar-refractivity contribution in [2.24, 2.45) is 0 Å². The van der Waals surface area contributed by atoms with Crippen LogP contribution in [0.2, 0.25) is 0 Å². The van der Waals surface area contributed by atoms with Gasteiger partial charge in [-0.3, -0.25) is 0 Å². The van der Waals surface area contributed by atoms with Crippen molar-refractivity contribution in [3.05, 3.63) is 18.0 Å². The van der Waals surface area contributed by atoms with E-state index in [2.05, 4.69) is 15.3 Å². The fraction of sp³-hybridized carbons (Fsp3) is 0.692. The van der Waals surface area contributed by atoms with Gasteiger partial charge >= 0.3 is 0 Å². The first-order valence-corrected chi connectivity index (χ1v) is 6.64. The summed E-state index contributed by atoms with van der Waals surface area (Å²) < 4.78 is 0. The molecule has 1 aliphatic rings. The van der Waals surface area contributed by atoms with Crippen LogP contribution in [0.1, 0.15) is 50.5 Å². The SMILES string of the molecule is Nc1ncc(CNC2CCCCCCC2)cn1. The van der Waals surface area contributed by atoms with Gasteiger partial charge in [-0.15, -0.1) is 0 Å². The van der Waals surface area contributed by atoms with Gasteiger partial charge in [-0.05, 0) is 12.8 Å².